The second-order valence-corrected chi connectivity index (χ2v) is 7.76. The van der Waals surface area contributed by atoms with Crippen molar-refractivity contribution in [3.63, 3.8) is 0 Å². The Hall–Kier alpha value is -2.75. The Kier molecular flexibility index (Phi) is 5.65. The number of benzene rings is 4. The fraction of sp³-hybridized carbons (Fsp3) is 0.0417. The summed E-state index contributed by atoms with van der Waals surface area (Å²) in [5.41, 5.74) is 2.94. The molecular formula is C24H18ClNOS. The number of nitrogens with one attached hydrogen (secondary N) is 1. The minimum atomic E-state index is -0.0779. The number of amides is 1. The molecule has 0 aliphatic carbocycles. The average molecular weight is 404 g/mol. The van der Waals surface area contributed by atoms with Crippen LogP contribution in [0.5, 0.6) is 0 Å². The molecule has 0 saturated heterocycles. The minimum Gasteiger partial charge on any atom is -0.324 e. The standard InChI is InChI=1S/C24H18ClNOS/c25-21-13-4-5-14-22(21)26-24(27)16-28-23-15-6-3-11-20(23)19-12-7-9-17-8-1-2-10-18(17)19/h1-15H,16H2,(H,26,27). The zero-order chi connectivity index (χ0) is 19.3. The zero-order valence-corrected chi connectivity index (χ0v) is 16.6. The van der Waals surface area contributed by atoms with Crippen molar-refractivity contribution < 1.29 is 4.79 Å². The number of halogens is 1. The Morgan fingerprint density at radius 1 is 0.786 bits per heavy atom. The molecule has 1 amide bonds. The third-order valence-corrected chi connectivity index (χ3v) is 5.88. The van der Waals surface area contributed by atoms with Gasteiger partial charge >= 0.3 is 0 Å². The molecule has 4 aromatic carbocycles. The van der Waals surface area contributed by atoms with E-state index in [2.05, 4.69) is 53.8 Å². The van der Waals surface area contributed by atoms with Gasteiger partial charge in [-0.05, 0) is 40.1 Å². The molecule has 0 radical (unpaired) electrons. The molecule has 0 aromatic heterocycles. The van der Waals surface area contributed by atoms with E-state index in [4.69, 9.17) is 11.6 Å². The summed E-state index contributed by atoms with van der Waals surface area (Å²) in [5, 5.41) is 5.83. The first-order valence-electron chi connectivity index (χ1n) is 8.97. The topological polar surface area (TPSA) is 29.1 Å². The van der Waals surface area contributed by atoms with E-state index in [-0.39, 0.29) is 5.91 Å². The van der Waals surface area contributed by atoms with Crippen molar-refractivity contribution in [2.75, 3.05) is 11.1 Å². The second-order valence-electron chi connectivity index (χ2n) is 6.34. The first kappa shape index (κ1) is 18.6. The summed E-state index contributed by atoms with van der Waals surface area (Å²) in [5.74, 6) is 0.235. The summed E-state index contributed by atoms with van der Waals surface area (Å²) in [6.07, 6.45) is 0. The lowest BCUT2D eigenvalue weighted by Crippen LogP contribution is -2.14. The van der Waals surface area contributed by atoms with Gasteiger partial charge in [0.05, 0.1) is 16.5 Å². The third-order valence-electron chi connectivity index (χ3n) is 4.47. The van der Waals surface area contributed by atoms with Crippen molar-refractivity contribution in [3.05, 3.63) is 96.0 Å². The van der Waals surface area contributed by atoms with Crippen LogP contribution in [0.3, 0.4) is 0 Å². The SMILES string of the molecule is O=C(CSc1ccccc1-c1cccc2ccccc12)Nc1ccccc1Cl. The Balaban J connectivity index is 1.57. The molecule has 138 valence electrons. The predicted molar refractivity (Wildman–Crippen MR) is 120 cm³/mol. The van der Waals surface area contributed by atoms with Gasteiger partial charge in [-0.25, -0.2) is 0 Å². The van der Waals surface area contributed by atoms with Crippen molar-refractivity contribution >= 4 is 45.7 Å². The summed E-state index contributed by atoms with van der Waals surface area (Å²) in [7, 11) is 0. The lowest BCUT2D eigenvalue weighted by atomic mass is 9.98. The number of carbonyl (C=O) groups is 1. The number of thioether (sulfide) groups is 1. The van der Waals surface area contributed by atoms with Crippen LogP contribution in [0.2, 0.25) is 5.02 Å². The normalized spacial score (nSPS) is 10.8. The third kappa shape index (κ3) is 4.06. The predicted octanol–water partition coefficient (Wildman–Crippen LogP) is 6.89. The highest BCUT2D eigenvalue weighted by Gasteiger charge is 2.11. The summed E-state index contributed by atoms with van der Waals surface area (Å²) >= 11 is 7.65. The van der Waals surface area contributed by atoms with E-state index in [1.807, 2.05) is 30.3 Å². The van der Waals surface area contributed by atoms with Gasteiger partial charge in [0.25, 0.3) is 0 Å². The molecule has 0 heterocycles. The van der Waals surface area contributed by atoms with Gasteiger partial charge < -0.3 is 5.32 Å². The fourth-order valence-electron chi connectivity index (χ4n) is 3.17. The van der Waals surface area contributed by atoms with Crippen molar-refractivity contribution in [1.82, 2.24) is 0 Å². The van der Waals surface area contributed by atoms with Gasteiger partial charge in [0.15, 0.2) is 0 Å². The van der Waals surface area contributed by atoms with Gasteiger partial charge in [0.2, 0.25) is 5.91 Å². The second kappa shape index (κ2) is 8.51. The lowest BCUT2D eigenvalue weighted by molar-refractivity contribution is -0.113. The van der Waals surface area contributed by atoms with E-state index in [1.54, 1.807) is 12.1 Å². The Morgan fingerprint density at radius 3 is 2.36 bits per heavy atom. The number of fused-ring (bicyclic) bond motifs is 1. The maximum Gasteiger partial charge on any atom is 0.234 e. The Morgan fingerprint density at radius 2 is 1.46 bits per heavy atom. The van der Waals surface area contributed by atoms with E-state index < -0.39 is 0 Å². The molecule has 0 spiro atoms. The van der Waals surface area contributed by atoms with Crippen LogP contribution < -0.4 is 5.32 Å². The molecule has 0 aliphatic heterocycles. The Bertz CT molecular complexity index is 1140. The van der Waals surface area contributed by atoms with Crippen LogP contribution in [0.1, 0.15) is 0 Å². The van der Waals surface area contributed by atoms with Crippen molar-refractivity contribution in [1.29, 1.82) is 0 Å². The summed E-state index contributed by atoms with van der Waals surface area (Å²) in [6, 6.07) is 30.1. The van der Waals surface area contributed by atoms with Gasteiger partial charge in [-0.1, -0.05) is 84.4 Å². The van der Waals surface area contributed by atoms with Gasteiger partial charge in [-0.15, -0.1) is 11.8 Å². The maximum atomic E-state index is 12.4. The van der Waals surface area contributed by atoms with Crippen LogP contribution in [0.15, 0.2) is 95.9 Å². The molecule has 0 saturated carbocycles. The van der Waals surface area contributed by atoms with Crippen molar-refractivity contribution in [2.24, 2.45) is 0 Å². The minimum absolute atomic E-state index is 0.0779. The highest BCUT2D eigenvalue weighted by Crippen LogP contribution is 2.35. The summed E-state index contributed by atoms with van der Waals surface area (Å²) in [6.45, 7) is 0. The maximum absolute atomic E-state index is 12.4. The number of anilines is 1. The first-order chi connectivity index (χ1) is 13.7. The number of hydrogen-bond donors (Lipinski definition) is 1. The van der Waals surface area contributed by atoms with E-state index in [1.165, 1.54) is 28.1 Å². The van der Waals surface area contributed by atoms with E-state index in [0.29, 0.717) is 16.5 Å². The molecule has 0 bridgehead atoms. The van der Waals surface area contributed by atoms with Gasteiger partial charge in [0.1, 0.15) is 0 Å². The van der Waals surface area contributed by atoms with Crippen LogP contribution >= 0.6 is 23.4 Å². The van der Waals surface area contributed by atoms with Crippen LogP contribution in [0.25, 0.3) is 21.9 Å². The molecule has 0 aliphatic rings. The van der Waals surface area contributed by atoms with Crippen LogP contribution in [0, 0.1) is 0 Å². The molecule has 28 heavy (non-hydrogen) atoms. The van der Waals surface area contributed by atoms with E-state index >= 15 is 0 Å². The van der Waals surface area contributed by atoms with Gasteiger partial charge in [-0.3, -0.25) is 4.79 Å². The van der Waals surface area contributed by atoms with E-state index in [9.17, 15) is 4.79 Å². The summed E-state index contributed by atoms with van der Waals surface area (Å²) < 4.78 is 0. The van der Waals surface area contributed by atoms with Crippen LogP contribution in [-0.2, 0) is 4.79 Å². The lowest BCUT2D eigenvalue weighted by Gasteiger charge is -2.12. The molecular weight excluding hydrogens is 386 g/mol. The van der Waals surface area contributed by atoms with Gasteiger partial charge in [0, 0.05) is 4.90 Å². The molecule has 0 unspecified atom stereocenters. The van der Waals surface area contributed by atoms with E-state index in [0.717, 1.165) is 10.5 Å². The number of hydrogen-bond acceptors (Lipinski definition) is 2. The molecule has 1 N–H and O–H groups in total. The largest absolute Gasteiger partial charge is 0.324 e. The first-order valence-corrected chi connectivity index (χ1v) is 10.3. The smallest absolute Gasteiger partial charge is 0.234 e. The molecule has 0 fully saturated rings. The average Bonchev–Trinajstić information content (AvgIpc) is 2.74. The van der Waals surface area contributed by atoms with Crippen molar-refractivity contribution in [3.8, 4) is 11.1 Å². The highest BCUT2D eigenvalue weighted by atomic mass is 35.5. The molecule has 2 nitrogen and oxygen atoms in total. The number of rotatable bonds is 5. The quantitative estimate of drug-likeness (QED) is 0.367. The monoisotopic (exact) mass is 403 g/mol. The molecule has 4 heteroatoms. The molecule has 0 atom stereocenters. The van der Waals surface area contributed by atoms with Crippen LogP contribution in [0.4, 0.5) is 5.69 Å². The molecule has 4 rings (SSSR count). The number of para-hydroxylation sites is 1. The summed E-state index contributed by atoms with van der Waals surface area (Å²) in [4.78, 5) is 13.5. The Labute approximate surface area is 173 Å². The van der Waals surface area contributed by atoms with Crippen LogP contribution in [-0.4, -0.2) is 11.7 Å². The van der Waals surface area contributed by atoms with Gasteiger partial charge in [-0.2, -0.15) is 0 Å². The molecule has 4 aromatic rings. The van der Waals surface area contributed by atoms with Crippen molar-refractivity contribution in [2.45, 2.75) is 4.90 Å². The zero-order valence-electron chi connectivity index (χ0n) is 15.1. The number of carbonyl (C=O) groups excluding carboxylic acids is 1. The highest BCUT2D eigenvalue weighted by molar-refractivity contribution is 8.00. The fourth-order valence-corrected chi connectivity index (χ4v) is 4.22.